The van der Waals surface area contributed by atoms with Crippen molar-refractivity contribution in [1.29, 1.82) is 0 Å². The van der Waals surface area contributed by atoms with Crippen LogP contribution in [0.15, 0.2) is 71.9 Å². The predicted molar refractivity (Wildman–Crippen MR) is 120 cm³/mol. The Kier molecular flexibility index (Phi) is 6.20. The Labute approximate surface area is 186 Å². The quantitative estimate of drug-likeness (QED) is 0.612. The first-order chi connectivity index (χ1) is 15.3. The minimum absolute atomic E-state index is 0.241. The van der Waals surface area contributed by atoms with E-state index in [1.807, 2.05) is 18.2 Å². The second-order valence-corrected chi connectivity index (χ2v) is 9.23. The molecule has 1 aromatic heterocycles. The Hall–Kier alpha value is -3.30. The Bertz CT molecular complexity index is 1210. The molecule has 3 N–H and O–H groups in total. The van der Waals surface area contributed by atoms with Gasteiger partial charge in [-0.3, -0.25) is 4.79 Å². The Morgan fingerprint density at radius 3 is 2.34 bits per heavy atom. The first kappa shape index (κ1) is 21.9. The highest BCUT2D eigenvalue weighted by Gasteiger charge is 2.27. The van der Waals surface area contributed by atoms with Crippen LogP contribution in [0.25, 0.3) is 0 Å². The number of aromatic nitrogens is 1. The number of sulfonamides is 1. The molecule has 4 rings (SSSR count). The van der Waals surface area contributed by atoms with E-state index < -0.39 is 10.0 Å². The van der Waals surface area contributed by atoms with Gasteiger partial charge in [0.05, 0.1) is 11.3 Å². The SMILES string of the molecule is NS(=O)(=O)c1cc(Nc2ccccc2)c(C(=O)N2CCC(c3ccc(F)cc3)CC2)cn1. The summed E-state index contributed by atoms with van der Waals surface area (Å²) < 4.78 is 36.8. The van der Waals surface area contributed by atoms with Crippen LogP contribution in [0, 0.1) is 5.82 Å². The molecule has 0 spiro atoms. The maximum atomic E-state index is 13.3. The van der Waals surface area contributed by atoms with Gasteiger partial charge in [0, 0.05) is 31.0 Å². The van der Waals surface area contributed by atoms with Crippen molar-refractivity contribution in [2.45, 2.75) is 23.8 Å². The number of halogens is 1. The molecule has 0 radical (unpaired) electrons. The fraction of sp³-hybridized carbons (Fsp3) is 0.217. The highest BCUT2D eigenvalue weighted by Crippen LogP contribution is 2.30. The number of nitrogens with two attached hydrogens (primary N) is 1. The lowest BCUT2D eigenvalue weighted by atomic mass is 9.89. The summed E-state index contributed by atoms with van der Waals surface area (Å²) in [5.74, 6) is -0.255. The van der Waals surface area contributed by atoms with E-state index in [1.165, 1.54) is 24.4 Å². The first-order valence-electron chi connectivity index (χ1n) is 10.2. The molecule has 7 nitrogen and oxygen atoms in total. The fourth-order valence-corrected chi connectivity index (χ4v) is 4.35. The van der Waals surface area contributed by atoms with Crippen molar-refractivity contribution in [3.8, 4) is 0 Å². The number of hydrogen-bond acceptors (Lipinski definition) is 5. The number of nitrogens with zero attached hydrogens (tertiary/aromatic N) is 2. The standard InChI is InChI=1S/C23H23FN4O3S/c24-18-8-6-16(7-9-18)17-10-12-28(13-11-17)23(29)20-15-26-22(32(25,30)31)14-21(20)27-19-4-2-1-3-5-19/h1-9,14-15,17H,10-13H2,(H,26,27)(H2,25,30,31). The molecule has 0 unspecified atom stereocenters. The highest BCUT2D eigenvalue weighted by molar-refractivity contribution is 7.89. The second kappa shape index (κ2) is 9.05. The summed E-state index contributed by atoms with van der Waals surface area (Å²) in [6.07, 6.45) is 2.75. The predicted octanol–water partition coefficient (Wildman–Crippen LogP) is 3.63. The van der Waals surface area contributed by atoms with E-state index >= 15 is 0 Å². The van der Waals surface area contributed by atoms with Crippen molar-refractivity contribution in [3.63, 3.8) is 0 Å². The fourth-order valence-electron chi connectivity index (χ4n) is 3.86. The van der Waals surface area contributed by atoms with Gasteiger partial charge in [0.25, 0.3) is 15.9 Å². The van der Waals surface area contributed by atoms with Crippen LogP contribution in [0.2, 0.25) is 0 Å². The van der Waals surface area contributed by atoms with Crippen LogP contribution in [0.5, 0.6) is 0 Å². The van der Waals surface area contributed by atoms with Gasteiger partial charge in [0.1, 0.15) is 5.82 Å². The minimum Gasteiger partial charge on any atom is -0.355 e. The zero-order chi connectivity index (χ0) is 22.7. The van der Waals surface area contributed by atoms with Gasteiger partial charge in [-0.05, 0) is 48.6 Å². The molecule has 9 heteroatoms. The Morgan fingerprint density at radius 1 is 1.06 bits per heavy atom. The molecule has 1 aliphatic heterocycles. The van der Waals surface area contributed by atoms with E-state index in [0.29, 0.717) is 24.5 Å². The van der Waals surface area contributed by atoms with Gasteiger partial charge >= 0.3 is 0 Å². The lowest BCUT2D eigenvalue weighted by Crippen LogP contribution is -2.38. The number of hydrogen-bond donors (Lipinski definition) is 2. The molecule has 0 saturated carbocycles. The molecular formula is C23H23FN4O3S. The van der Waals surface area contributed by atoms with Crippen LogP contribution >= 0.6 is 0 Å². The Balaban J connectivity index is 1.55. The maximum Gasteiger partial charge on any atom is 0.257 e. The van der Waals surface area contributed by atoms with E-state index in [9.17, 15) is 17.6 Å². The molecule has 1 fully saturated rings. The third kappa shape index (κ3) is 4.95. The summed E-state index contributed by atoms with van der Waals surface area (Å²) in [6.45, 7) is 1.06. The average molecular weight is 455 g/mol. The lowest BCUT2D eigenvalue weighted by Gasteiger charge is -2.32. The average Bonchev–Trinajstić information content (AvgIpc) is 2.79. The Morgan fingerprint density at radius 2 is 1.72 bits per heavy atom. The molecule has 0 aliphatic carbocycles. The summed E-state index contributed by atoms with van der Waals surface area (Å²) in [6, 6.07) is 16.9. The summed E-state index contributed by atoms with van der Waals surface area (Å²) >= 11 is 0. The molecule has 2 aromatic carbocycles. The van der Waals surface area contributed by atoms with Crippen molar-refractivity contribution >= 4 is 27.3 Å². The van der Waals surface area contributed by atoms with E-state index in [0.717, 1.165) is 18.4 Å². The molecule has 0 bridgehead atoms. The van der Waals surface area contributed by atoms with Crippen molar-refractivity contribution < 1.29 is 17.6 Å². The zero-order valence-corrected chi connectivity index (χ0v) is 18.1. The van der Waals surface area contributed by atoms with Crippen LogP contribution in [0.3, 0.4) is 0 Å². The number of para-hydroxylation sites is 1. The van der Waals surface area contributed by atoms with E-state index in [2.05, 4.69) is 10.3 Å². The van der Waals surface area contributed by atoms with Gasteiger partial charge in [0.2, 0.25) is 0 Å². The molecule has 3 aromatic rings. The second-order valence-electron chi connectivity index (χ2n) is 7.72. The van der Waals surface area contributed by atoms with Crippen molar-refractivity contribution in [2.24, 2.45) is 5.14 Å². The molecule has 1 saturated heterocycles. The summed E-state index contributed by atoms with van der Waals surface area (Å²) in [5, 5.41) is 8.02. The zero-order valence-electron chi connectivity index (χ0n) is 17.2. The summed E-state index contributed by atoms with van der Waals surface area (Å²) in [5.41, 5.74) is 2.34. The van der Waals surface area contributed by atoms with Crippen molar-refractivity contribution in [1.82, 2.24) is 9.88 Å². The van der Waals surface area contributed by atoms with Crippen LogP contribution < -0.4 is 10.5 Å². The molecule has 1 aliphatic rings. The summed E-state index contributed by atoms with van der Waals surface area (Å²) in [7, 11) is -4.03. The topological polar surface area (TPSA) is 105 Å². The van der Waals surface area contributed by atoms with Gasteiger partial charge in [-0.15, -0.1) is 0 Å². The van der Waals surface area contributed by atoms with Gasteiger partial charge in [0.15, 0.2) is 5.03 Å². The first-order valence-corrected chi connectivity index (χ1v) is 11.8. The van der Waals surface area contributed by atoms with Gasteiger partial charge in [-0.25, -0.2) is 22.9 Å². The number of primary sulfonamides is 1. The lowest BCUT2D eigenvalue weighted by molar-refractivity contribution is 0.0713. The summed E-state index contributed by atoms with van der Waals surface area (Å²) in [4.78, 5) is 18.9. The molecule has 32 heavy (non-hydrogen) atoms. The highest BCUT2D eigenvalue weighted by atomic mass is 32.2. The van der Waals surface area contributed by atoms with Crippen LogP contribution in [-0.4, -0.2) is 37.3 Å². The number of amides is 1. The third-order valence-corrected chi connectivity index (χ3v) is 6.38. The molecule has 0 atom stereocenters. The molecule has 166 valence electrons. The van der Waals surface area contributed by atoms with Gasteiger partial charge in [-0.1, -0.05) is 30.3 Å². The van der Waals surface area contributed by atoms with Crippen LogP contribution in [0.1, 0.15) is 34.7 Å². The van der Waals surface area contributed by atoms with Crippen LogP contribution in [0.4, 0.5) is 15.8 Å². The normalized spacial score (nSPS) is 14.9. The molecular weight excluding hydrogens is 431 g/mol. The largest absolute Gasteiger partial charge is 0.355 e. The molecule has 1 amide bonds. The van der Waals surface area contributed by atoms with Gasteiger partial charge in [-0.2, -0.15) is 0 Å². The number of nitrogens with one attached hydrogen (secondary N) is 1. The number of carbonyl (C=O) groups excluding carboxylic acids is 1. The van der Waals surface area contributed by atoms with Crippen molar-refractivity contribution in [3.05, 3.63) is 83.8 Å². The maximum absolute atomic E-state index is 13.3. The van der Waals surface area contributed by atoms with E-state index in [1.54, 1.807) is 29.2 Å². The number of rotatable bonds is 5. The van der Waals surface area contributed by atoms with Gasteiger partial charge < -0.3 is 10.2 Å². The van der Waals surface area contributed by atoms with E-state index in [-0.39, 0.29) is 28.2 Å². The van der Waals surface area contributed by atoms with Crippen molar-refractivity contribution in [2.75, 3.05) is 18.4 Å². The number of likely N-dealkylation sites (tertiary alicyclic amines) is 1. The number of anilines is 2. The molecule has 2 heterocycles. The third-order valence-electron chi connectivity index (χ3n) is 5.58. The number of carbonyl (C=O) groups is 1. The smallest absolute Gasteiger partial charge is 0.257 e. The number of benzene rings is 2. The number of pyridine rings is 1. The minimum atomic E-state index is -4.03. The van der Waals surface area contributed by atoms with Crippen LogP contribution in [-0.2, 0) is 10.0 Å². The monoisotopic (exact) mass is 454 g/mol. The number of piperidine rings is 1. The van der Waals surface area contributed by atoms with E-state index in [4.69, 9.17) is 5.14 Å².